The first-order valence-corrected chi connectivity index (χ1v) is 11.5. The maximum Gasteiger partial charge on any atom is 0.234 e. The molecule has 4 aromatic rings. The van der Waals surface area contributed by atoms with Crippen molar-refractivity contribution in [3.05, 3.63) is 95.6 Å². The van der Waals surface area contributed by atoms with Crippen LogP contribution in [0.4, 0.5) is 15.8 Å². The number of rotatable bonds is 8. The number of halogens is 1. The molecule has 0 bridgehead atoms. The van der Waals surface area contributed by atoms with Crippen molar-refractivity contribution in [2.75, 3.05) is 16.4 Å². The zero-order chi connectivity index (χ0) is 23.2. The average molecular weight is 462 g/mol. The fourth-order valence-corrected chi connectivity index (χ4v) is 4.16. The number of carbonyl (C=O) groups excluding carboxylic acids is 1. The Morgan fingerprint density at radius 2 is 1.76 bits per heavy atom. The Morgan fingerprint density at radius 3 is 2.48 bits per heavy atom. The lowest BCUT2D eigenvalue weighted by molar-refractivity contribution is -0.113. The van der Waals surface area contributed by atoms with Crippen LogP contribution in [-0.4, -0.2) is 26.4 Å². The van der Waals surface area contributed by atoms with Gasteiger partial charge in [0.15, 0.2) is 11.0 Å². The number of nitrogens with zero attached hydrogens (tertiary/aromatic N) is 3. The molecule has 0 unspecified atom stereocenters. The second kappa shape index (κ2) is 10.3. The zero-order valence-electron chi connectivity index (χ0n) is 18.4. The molecule has 2 N–H and O–H groups in total. The monoisotopic (exact) mass is 461 g/mol. The smallest absolute Gasteiger partial charge is 0.234 e. The van der Waals surface area contributed by atoms with Crippen molar-refractivity contribution >= 4 is 29.0 Å². The summed E-state index contributed by atoms with van der Waals surface area (Å²) in [6, 6.07) is 21.7. The maximum atomic E-state index is 13.1. The summed E-state index contributed by atoms with van der Waals surface area (Å²) in [5, 5.41) is 15.5. The van der Waals surface area contributed by atoms with Crippen LogP contribution in [0.1, 0.15) is 17.0 Å². The van der Waals surface area contributed by atoms with E-state index in [0.717, 1.165) is 22.8 Å². The van der Waals surface area contributed by atoms with Crippen LogP contribution in [0.5, 0.6) is 0 Å². The molecule has 1 heterocycles. The lowest BCUT2D eigenvalue weighted by Gasteiger charge is -2.13. The number of aryl methyl sites for hydroxylation is 2. The largest absolute Gasteiger partial charge is 0.378 e. The third-order valence-electron chi connectivity index (χ3n) is 4.99. The quantitative estimate of drug-likeness (QED) is 0.345. The van der Waals surface area contributed by atoms with Gasteiger partial charge in [-0.1, -0.05) is 47.7 Å². The van der Waals surface area contributed by atoms with Gasteiger partial charge in [0, 0.05) is 17.1 Å². The molecule has 0 saturated heterocycles. The SMILES string of the molecule is Cc1ccc(NCc2nnc(SCC(=O)Nc3ccc(F)cc3)n2-c2ccccc2)c(C)c1. The summed E-state index contributed by atoms with van der Waals surface area (Å²) in [7, 11) is 0. The molecule has 1 aromatic heterocycles. The van der Waals surface area contributed by atoms with Gasteiger partial charge in [-0.15, -0.1) is 10.2 Å². The summed E-state index contributed by atoms with van der Waals surface area (Å²) in [6.45, 7) is 4.62. The van der Waals surface area contributed by atoms with E-state index in [-0.39, 0.29) is 17.5 Å². The second-order valence-corrected chi connectivity index (χ2v) is 8.53. The molecule has 0 aliphatic carbocycles. The van der Waals surface area contributed by atoms with Crippen molar-refractivity contribution in [3.8, 4) is 5.69 Å². The number of hydrogen-bond acceptors (Lipinski definition) is 5. The van der Waals surface area contributed by atoms with Crippen molar-refractivity contribution < 1.29 is 9.18 Å². The highest BCUT2D eigenvalue weighted by Crippen LogP contribution is 2.24. The molecule has 6 nitrogen and oxygen atoms in total. The first-order chi connectivity index (χ1) is 16.0. The summed E-state index contributed by atoms with van der Waals surface area (Å²) in [5.41, 5.74) is 4.87. The molecule has 0 spiro atoms. The van der Waals surface area contributed by atoms with Crippen LogP contribution in [0.2, 0.25) is 0 Å². The molecule has 3 aromatic carbocycles. The summed E-state index contributed by atoms with van der Waals surface area (Å²) >= 11 is 1.30. The number of amides is 1. The first-order valence-electron chi connectivity index (χ1n) is 10.5. The molecule has 0 fully saturated rings. The lowest BCUT2D eigenvalue weighted by atomic mass is 10.1. The van der Waals surface area contributed by atoms with Gasteiger partial charge in [0.05, 0.1) is 12.3 Å². The number of thioether (sulfide) groups is 1. The van der Waals surface area contributed by atoms with Crippen molar-refractivity contribution in [2.24, 2.45) is 0 Å². The Morgan fingerprint density at radius 1 is 1.00 bits per heavy atom. The third kappa shape index (κ3) is 5.78. The Bertz CT molecular complexity index is 1240. The van der Waals surface area contributed by atoms with Gasteiger partial charge in [-0.3, -0.25) is 9.36 Å². The number of para-hydroxylation sites is 1. The number of carbonyl (C=O) groups is 1. The lowest BCUT2D eigenvalue weighted by Crippen LogP contribution is -2.15. The molecule has 0 radical (unpaired) electrons. The topological polar surface area (TPSA) is 71.8 Å². The van der Waals surface area contributed by atoms with Gasteiger partial charge in [-0.2, -0.15) is 0 Å². The first kappa shape index (κ1) is 22.5. The molecule has 0 aliphatic heterocycles. The van der Waals surface area contributed by atoms with Crippen LogP contribution >= 0.6 is 11.8 Å². The molecule has 0 aliphatic rings. The van der Waals surface area contributed by atoms with Gasteiger partial charge in [0.2, 0.25) is 5.91 Å². The molecule has 0 saturated carbocycles. The van der Waals surface area contributed by atoms with E-state index in [1.165, 1.54) is 41.6 Å². The molecular weight excluding hydrogens is 437 g/mol. The van der Waals surface area contributed by atoms with Crippen molar-refractivity contribution in [1.29, 1.82) is 0 Å². The van der Waals surface area contributed by atoms with E-state index in [1.54, 1.807) is 0 Å². The van der Waals surface area contributed by atoms with Crippen molar-refractivity contribution in [1.82, 2.24) is 14.8 Å². The van der Waals surface area contributed by atoms with Crippen LogP contribution < -0.4 is 10.6 Å². The van der Waals surface area contributed by atoms with E-state index < -0.39 is 0 Å². The fraction of sp³-hybridized carbons (Fsp3) is 0.160. The van der Waals surface area contributed by atoms with Gasteiger partial charge in [-0.25, -0.2) is 4.39 Å². The van der Waals surface area contributed by atoms with Crippen LogP contribution in [-0.2, 0) is 11.3 Å². The number of hydrogen-bond donors (Lipinski definition) is 2. The molecule has 33 heavy (non-hydrogen) atoms. The van der Waals surface area contributed by atoms with E-state index in [9.17, 15) is 9.18 Å². The molecule has 0 atom stereocenters. The summed E-state index contributed by atoms with van der Waals surface area (Å²) in [5.74, 6) is 0.333. The normalized spacial score (nSPS) is 10.8. The van der Waals surface area contributed by atoms with Crippen LogP contribution in [0.25, 0.3) is 5.69 Å². The van der Waals surface area contributed by atoms with Gasteiger partial charge < -0.3 is 10.6 Å². The van der Waals surface area contributed by atoms with E-state index >= 15 is 0 Å². The highest BCUT2D eigenvalue weighted by atomic mass is 32.2. The van der Waals surface area contributed by atoms with Crippen LogP contribution in [0.3, 0.4) is 0 Å². The standard InChI is InChI=1S/C25H24FN5OS/c1-17-8-13-22(18(2)14-17)27-15-23-29-30-25(31(23)21-6-4-3-5-7-21)33-16-24(32)28-20-11-9-19(26)10-12-20/h3-14,27H,15-16H2,1-2H3,(H,28,32). The predicted molar refractivity (Wildman–Crippen MR) is 130 cm³/mol. The molecule has 8 heteroatoms. The number of nitrogens with one attached hydrogen (secondary N) is 2. The van der Waals surface area contributed by atoms with Gasteiger partial charge >= 0.3 is 0 Å². The minimum atomic E-state index is -0.347. The second-order valence-electron chi connectivity index (χ2n) is 7.59. The van der Waals surface area contributed by atoms with E-state index in [4.69, 9.17) is 0 Å². The minimum Gasteiger partial charge on any atom is -0.378 e. The number of benzene rings is 3. The van der Waals surface area contributed by atoms with Crippen LogP contribution in [0, 0.1) is 19.7 Å². The van der Waals surface area contributed by atoms with E-state index in [2.05, 4.69) is 52.9 Å². The summed E-state index contributed by atoms with van der Waals surface area (Å²) in [4.78, 5) is 12.4. The Balaban J connectivity index is 1.49. The highest BCUT2D eigenvalue weighted by molar-refractivity contribution is 7.99. The average Bonchev–Trinajstić information content (AvgIpc) is 3.22. The molecule has 1 amide bonds. The summed E-state index contributed by atoms with van der Waals surface area (Å²) in [6.07, 6.45) is 0. The van der Waals surface area contributed by atoms with Gasteiger partial charge in [0.25, 0.3) is 0 Å². The zero-order valence-corrected chi connectivity index (χ0v) is 19.2. The summed E-state index contributed by atoms with van der Waals surface area (Å²) < 4.78 is 15.0. The Hall–Kier alpha value is -3.65. The number of aromatic nitrogens is 3. The maximum absolute atomic E-state index is 13.1. The van der Waals surface area contributed by atoms with E-state index in [0.29, 0.717) is 17.4 Å². The third-order valence-corrected chi connectivity index (χ3v) is 5.92. The van der Waals surface area contributed by atoms with E-state index in [1.807, 2.05) is 34.9 Å². The Kier molecular flexibility index (Phi) is 7.04. The van der Waals surface area contributed by atoms with Crippen molar-refractivity contribution in [2.45, 2.75) is 25.5 Å². The fourth-order valence-electron chi connectivity index (χ4n) is 3.39. The van der Waals surface area contributed by atoms with Gasteiger partial charge in [-0.05, 0) is 61.9 Å². The molecule has 168 valence electrons. The molecule has 4 rings (SSSR count). The minimum absolute atomic E-state index is 0.146. The highest BCUT2D eigenvalue weighted by Gasteiger charge is 2.16. The van der Waals surface area contributed by atoms with Crippen LogP contribution in [0.15, 0.2) is 78.0 Å². The van der Waals surface area contributed by atoms with Gasteiger partial charge in [0.1, 0.15) is 5.82 Å². The molecular formula is C25H24FN5OS. The number of anilines is 2. The Labute approximate surface area is 196 Å². The van der Waals surface area contributed by atoms with Crippen molar-refractivity contribution in [3.63, 3.8) is 0 Å². The predicted octanol–water partition coefficient (Wildman–Crippen LogP) is 5.37.